The van der Waals surface area contributed by atoms with Crippen LogP contribution in [0.5, 0.6) is 0 Å². The predicted octanol–water partition coefficient (Wildman–Crippen LogP) is 13.2. The van der Waals surface area contributed by atoms with E-state index in [0.29, 0.717) is 4.58 Å². The summed E-state index contributed by atoms with van der Waals surface area (Å²) < 4.78 is 0.365. The van der Waals surface area contributed by atoms with E-state index in [1.807, 2.05) is 0 Å². The van der Waals surface area contributed by atoms with E-state index in [4.69, 9.17) is 9.97 Å². The summed E-state index contributed by atoms with van der Waals surface area (Å²) in [5.74, 6) is 2.35. The number of thioether (sulfide) groups is 2. The van der Waals surface area contributed by atoms with Gasteiger partial charge < -0.3 is 9.97 Å². The highest BCUT2D eigenvalue weighted by atomic mass is 32.2. The van der Waals surface area contributed by atoms with Crippen LogP contribution in [0.15, 0.2) is 140 Å². The molecule has 4 aromatic carbocycles. The molecule has 3 aromatic heterocycles. The fraction of sp³-hybridized carbons (Fsp3) is 0.0833. The lowest BCUT2D eigenvalue weighted by Gasteiger charge is -2.24. The Kier molecular flexibility index (Phi) is 8.62. The quantitative estimate of drug-likeness (QED) is 0.185. The van der Waals surface area contributed by atoms with Crippen molar-refractivity contribution in [2.45, 2.75) is 11.0 Å². The van der Waals surface area contributed by atoms with Crippen LogP contribution >= 0.6 is 23.5 Å². The van der Waals surface area contributed by atoms with Gasteiger partial charge in [-0.1, -0.05) is 115 Å². The zero-order chi connectivity index (χ0) is 35.8. The van der Waals surface area contributed by atoms with Crippen LogP contribution in [0.3, 0.4) is 0 Å². The number of fused-ring (bicyclic) bond motifs is 8. The van der Waals surface area contributed by atoms with Crippen molar-refractivity contribution in [3.8, 4) is 44.5 Å². The topological polar surface area (TPSA) is 57.4 Å². The number of aromatic amines is 2. The van der Waals surface area contributed by atoms with Crippen molar-refractivity contribution in [2.24, 2.45) is 0 Å². The molecule has 260 valence electrons. The first-order valence-corrected chi connectivity index (χ1v) is 20.5. The number of H-pyrrole nitrogens is 2. The van der Waals surface area contributed by atoms with Gasteiger partial charge in [-0.15, -0.1) is 23.5 Å². The second kappa shape index (κ2) is 14.2. The van der Waals surface area contributed by atoms with Crippen molar-refractivity contribution in [2.75, 3.05) is 11.5 Å². The third-order valence-corrected chi connectivity index (χ3v) is 13.2. The number of benzene rings is 4. The number of aromatic nitrogens is 4. The molecule has 0 spiro atoms. The maximum Gasteiger partial charge on any atom is 0.0757 e. The Hall–Kier alpha value is -5.82. The molecule has 10 rings (SSSR count). The number of nitrogens with zero attached hydrogens (tertiary/aromatic N) is 2. The number of hydrogen-bond donors (Lipinski definition) is 2. The van der Waals surface area contributed by atoms with Crippen LogP contribution in [0.25, 0.3) is 90.9 Å². The fourth-order valence-electron chi connectivity index (χ4n) is 7.81. The zero-order valence-corrected chi connectivity index (χ0v) is 31.1. The Morgan fingerprint density at radius 3 is 1.22 bits per heavy atom. The van der Waals surface area contributed by atoms with Crippen LogP contribution in [-0.4, -0.2) is 31.4 Å². The lowest BCUT2D eigenvalue weighted by molar-refractivity contribution is 1.10. The fourth-order valence-corrected chi connectivity index (χ4v) is 10.8. The van der Waals surface area contributed by atoms with E-state index >= 15 is 0 Å². The van der Waals surface area contributed by atoms with Crippen LogP contribution in [0.4, 0.5) is 0 Å². The molecule has 3 aliphatic heterocycles. The molecule has 0 saturated carbocycles. The molecule has 54 heavy (non-hydrogen) atoms. The minimum atomic E-state index is 0.365. The van der Waals surface area contributed by atoms with E-state index < -0.39 is 0 Å². The number of nitrogens with one attached hydrogen (secondary N) is 2. The highest BCUT2D eigenvalue weighted by molar-refractivity contribution is 8.16. The third-order valence-electron chi connectivity index (χ3n) is 10.3. The lowest BCUT2D eigenvalue weighted by Crippen LogP contribution is -2.02. The summed E-state index contributed by atoms with van der Waals surface area (Å²) in [6, 6.07) is 49.5. The highest BCUT2D eigenvalue weighted by Gasteiger charge is 2.24. The predicted molar refractivity (Wildman–Crippen MR) is 233 cm³/mol. The molecule has 1 fully saturated rings. The molecule has 6 heterocycles. The first-order chi connectivity index (χ1) is 26.8. The zero-order valence-electron chi connectivity index (χ0n) is 29.5. The van der Waals surface area contributed by atoms with Crippen molar-refractivity contribution in [3.63, 3.8) is 0 Å². The Bertz CT molecular complexity index is 2700. The van der Waals surface area contributed by atoms with Crippen molar-refractivity contribution in [1.29, 1.82) is 0 Å². The van der Waals surface area contributed by atoms with E-state index in [0.717, 1.165) is 83.8 Å². The molecule has 4 nitrogen and oxygen atoms in total. The normalized spacial score (nSPS) is 14.1. The molecule has 8 bridgehead atoms. The molecule has 7 aromatic rings. The summed E-state index contributed by atoms with van der Waals surface area (Å²) in [5.41, 5.74) is 17.9. The van der Waals surface area contributed by atoms with Gasteiger partial charge in [0.1, 0.15) is 0 Å². The van der Waals surface area contributed by atoms with Gasteiger partial charge >= 0.3 is 0 Å². The highest BCUT2D eigenvalue weighted by Crippen LogP contribution is 2.48. The second-order valence-corrected chi connectivity index (χ2v) is 16.3. The van der Waals surface area contributed by atoms with Crippen LogP contribution in [0.1, 0.15) is 39.3 Å². The number of hydrogen-bond acceptors (Lipinski definition) is 4. The van der Waals surface area contributed by atoms with E-state index in [1.165, 1.54) is 29.1 Å². The molecular weight excluding hydrogens is 697 g/mol. The SMILES string of the molecule is C1=Cc2nc1c(-c1ccccc1)c1ccc([nH]1)c(-c1ccccc1)c1nc(c(-c3ccccc3C3SCCCS3)c3ccc([nH]3)c2-c2ccccc2)C=C1. The van der Waals surface area contributed by atoms with Gasteiger partial charge in [0.25, 0.3) is 0 Å². The Balaban J connectivity index is 1.37. The average molecular weight is 733 g/mol. The van der Waals surface area contributed by atoms with Gasteiger partial charge in [-0.3, -0.25) is 0 Å². The van der Waals surface area contributed by atoms with Crippen molar-refractivity contribution >= 4 is 69.9 Å². The molecule has 0 unspecified atom stereocenters. The monoisotopic (exact) mass is 732 g/mol. The summed E-state index contributed by atoms with van der Waals surface area (Å²) >= 11 is 4.10. The Labute approximate surface area is 323 Å². The minimum absolute atomic E-state index is 0.365. The average Bonchev–Trinajstić information content (AvgIpc) is 4.08. The molecule has 0 radical (unpaired) electrons. The standard InChI is InChI=1S/C48H36N4S2/c1-4-13-31(14-5-1)44-36-21-23-38(49-36)45(32-15-6-2-7-16-32)40-25-27-42(51-40)47(34-19-10-11-20-35(34)48-53-29-12-30-54-48)43-28-26-41(52-43)46(33-17-8-3-9-18-33)39-24-22-37(44)50-39/h1-11,13-28,48-49,52H,12,29-30H2. The third kappa shape index (κ3) is 6.02. The van der Waals surface area contributed by atoms with Gasteiger partial charge in [0.2, 0.25) is 0 Å². The van der Waals surface area contributed by atoms with Gasteiger partial charge in [-0.05, 0) is 94.3 Å². The van der Waals surface area contributed by atoms with Crippen LogP contribution in [0.2, 0.25) is 0 Å². The molecule has 0 aliphatic carbocycles. The Morgan fingerprint density at radius 2 is 0.778 bits per heavy atom. The molecule has 3 aliphatic rings. The maximum atomic E-state index is 5.52. The second-order valence-electron chi connectivity index (χ2n) is 13.6. The van der Waals surface area contributed by atoms with E-state index in [2.05, 4.69) is 197 Å². The van der Waals surface area contributed by atoms with Gasteiger partial charge in [0.05, 0.1) is 27.4 Å². The first kappa shape index (κ1) is 32.8. The van der Waals surface area contributed by atoms with Crippen LogP contribution in [0, 0.1) is 0 Å². The van der Waals surface area contributed by atoms with Gasteiger partial charge in [-0.2, -0.15) is 0 Å². The first-order valence-electron chi connectivity index (χ1n) is 18.4. The molecule has 0 amide bonds. The molecule has 2 N–H and O–H groups in total. The van der Waals surface area contributed by atoms with Crippen molar-refractivity contribution in [3.05, 3.63) is 168 Å². The molecule has 1 saturated heterocycles. The van der Waals surface area contributed by atoms with Gasteiger partial charge in [0, 0.05) is 44.3 Å². The minimum Gasteiger partial charge on any atom is -0.354 e. The maximum absolute atomic E-state index is 5.52. The summed E-state index contributed by atoms with van der Waals surface area (Å²) in [5, 5.41) is 0. The van der Waals surface area contributed by atoms with Crippen LogP contribution < -0.4 is 0 Å². The molecule has 6 heteroatoms. The molecular formula is C48H36N4S2. The summed E-state index contributed by atoms with van der Waals surface area (Å²) in [6.07, 6.45) is 9.94. The van der Waals surface area contributed by atoms with Crippen LogP contribution in [-0.2, 0) is 0 Å². The summed E-state index contributed by atoms with van der Waals surface area (Å²) in [6.45, 7) is 0. The molecule has 0 atom stereocenters. The lowest BCUT2D eigenvalue weighted by atomic mass is 9.99. The van der Waals surface area contributed by atoms with E-state index in [1.54, 1.807) is 0 Å². The number of rotatable bonds is 5. The van der Waals surface area contributed by atoms with Gasteiger partial charge in [0.15, 0.2) is 0 Å². The smallest absolute Gasteiger partial charge is 0.0757 e. The summed E-state index contributed by atoms with van der Waals surface area (Å²) in [4.78, 5) is 18.7. The van der Waals surface area contributed by atoms with Gasteiger partial charge in [-0.25, -0.2) is 9.97 Å². The Morgan fingerprint density at radius 1 is 0.407 bits per heavy atom. The van der Waals surface area contributed by atoms with Crippen molar-refractivity contribution < 1.29 is 0 Å². The largest absolute Gasteiger partial charge is 0.354 e. The van der Waals surface area contributed by atoms with Crippen molar-refractivity contribution in [1.82, 2.24) is 19.9 Å². The van der Waals surface area contributed by atoms with E-state index in [-0.39, 0.29) is 0 Å². The summed E-state index contributed by atoms with van der Waals surface area (Å²) in [7, 11) is 0. The van der Waals surface area contributed by atoms with E-state index in [9.17, 15) is 0 Å².